The Hall–Kier alpha value is -0.0800. The van der Waals surface area contributed by atoms with Crippen molar-refractivity contribution in [3.63, 3.8) is 0 Å². The monoisotopic (exact) mass is 186 g/mol. The smallest absolute Gasteiger partial charge is 0.0573 e. The Morgan fingerprint density at radius 2 is 1.69 bits per heavy atom. The molecular formula is C11H26N2. The van der Waals surface area contributed by atoms with E-state index in [1.165, 1.54) is 0 Å². The third-order valence-electron chi connectivity index (χ3n) is 1.79. The van der Waals surface area contributed by atoms with Crippen LogP contribution in [0.5, 0.6) is 0 Å². The molecule has 80 valence electrons. The first-order chi connectivity index (χ1) is 5.85. The van der Waals surface area contributed by atoms with E-state index in [0.29, 0.717) is 6.17 Å². The molecule has 0 aliphatic carbocycles. The van der Waals surface area contributed by atoms with Crippen molar-refractivity contribution in [2.45, 2.75) is 59.7 Å². The molecule has 2 nitrogen and oxygen atoms in total. The van der Waals surface area contributed by atoms with Gasteiger partial charge in [0.05, 0.1) is 6.17 Å². The standard InChI is InChI=1S/C11H26N2/c1-7-10(12-8-9(2)3)13-11(4,5)6/h9-10,12-13H,7-8H2,1-6H3. The van der Waals surface area contributed by atoms with Crippen LogP contribution in [0.15, 0.2) is 0 Å². The van der Waals surface area contributed by atoms with Gasteiger partial charge in [0.15, 0.2) is 0 Å². The fraction of sp³-hybridized carbons (Fsp3) is 1.00. The van der Waals surface area contributed by atoms with Crippen LogP contribution in [0, 0.1) is 5.92 Å². The van der Waals surface area contributed by atoms with E-state index in [1.807, 2.05) is 0 Å². The Morgan fingerprint density at radius 1 is 1.15 bits per heavy atom. The van der Waals surface area contributed by atoms with Crippen molar-refractivity contribution in [3.8, 4) is 0 Å². The Bertz CT molecular complexity index is 125. The van der Waals surface area contributed by atoms with E-state index in [2.05, 4.69) is 52.2 Å². The molecule has 0 aliphatic heterocycles. The molecule has 0 radical (unpaired) electrons. The summed E-state index contributed by atoms with van der Waals surface area (Å²) >= 11 is 0. The van der Waals surface area contributed by atoms with E-state index in [-0.39, 0.29) is 5.54 Å². The normalized spacial score (nSPS) is 15.0. The molecule has 0 amide bonds. The summed E-state index contributed by atoms with van der Waals surface area (Å²) < 4.78 is 0. The molecule has 13 heavy (non-hydrogen) atoms. The SMILES string of the molecule is CCC(NCC(C)C)NC(C)(C)C. The lowest BCUT2D eigenvalue weighted by Crippen LogP contribution is -2.51. The predicted octanol–water partition coefficient (Wildman–Crippen LogP) is 2.36. The molecular weight excluding hydrogens is 160 g/mol. The minimum absolute atomic E-state index is 0.199. The first-order valence-electron chi connectivity index (χ1n) is 5.36. The summed E-state index contributed by atoms with van der Waals surface area (Å²) in [6, 6.07) is 0. The molecule has 2 N–H and O–H groups in total. The number of hydrogen-bond donors (Lipinski definition) is 2. The van der Waals surface area contributed by atoms with Crippen LogP contribution in [0.2, 0.25) is 0 Å². The summed E-state index contributed by atoms with van der Waals surface area (Å²) in [4.78, 5) is 0. The zero-order chi connectivity index (χ0) is 10.5. The Morgan fingerprint density at radius 3 is 2.00 bits per heavy atom. The van der Waals surface area contributed by atoms with Crippen molar-refractivity contribution < 1.29 is 0 Å². The first-order valence-corrected chi connectivity index (χ1v) is 5.36. The van der Waals surface area contributed by atoms with Crippen molar-refractivity contribution in [2.24, 2.45) is 5.92 Å². The fourth-order valence-electron chi connectivity index (χ4n) is 1.20. The molecule has 2 heteroatoms. The van der Waals surface area contributed by atoms with Gasteiger partial charge in [0.2, 0.25) is 0 Å². The van der Waals surface area contributed by atoms with Crippen LogP contribution in [-0.2, 0) is 0 Å². The molecule has 0 saturated carbocycles. The maximum Gasteiger partial charge on any atom is 0.0573 e. The van der Waals surface area contributed by atoms with Crippen LogP contribution < -0.4 is 10.6 Å². The molecule has 0 aromatic carbocycles. The van der Waals surface area contributed by atoms with Gasteiger partial charge < -0.3 is 5.32 Å². The average Bonchev–Trinajstić information content (AvgIpc) is 1.95. The maximum absolute atomic E-state index is 3.55. The summed E-state index contributed by atoms with van der Waals surface area (Å²) in [5.41, 5.74) is 0.199. The van der Waals surface area contributed by atoms with Crippen LogP contribution in [-0.4, -0.2) is 18.2 Å². The highest BCUT2D eigenvalue weighted by atomic mass is 15.1. The van der Waals surface area contributed by atoms with Crippen molar-refractivity contribution in [1.82, 2.24) is 10.6 Å². The van der Waals surface area contributed by atoms with E-state index < -0.39 is 0 Å². The quantitative estimate of drug-likeness (QED) is 0.644. The summed E-state index contributed by atoms with van der Waals surface area (Å²) in [7, 11) is 0. The Kier molecular flexibility index (Phi) is 5.57. The maximum atomic E-state index is 3.55. The van der Waals surface area contributed by atoms with Gasteiger partial charge >= 0.3 is 0 Å². The van der Waals surface area contributed by atoms with E-state index in [4.69, 9.17) is 0 Å². The topological polar surface area (TPSA) is 24.1 Å². The summed E-state index contributed by atoms with van der Waals surface area (Å²) in [6.45, 7) is 14.4. The van der Waals surface area contributed by atoms with Crippen LogP contribution in [0.4, 0.5) is 0 Å². The second-order valence-electron chi connectivity index (χ2n) is 5.16. The second-order valence-corrected chi connectivity index (χ2v) is 5.16. The van der Waals surface area contributed by atoms with Crippen molar-refractivity contribution >= 4 is 0 Å². The molecule has 0 bridgehead atoms. The number of hydrogen-bond acceptors (Lipinski definition) is 2. The highest BCUT2D eigenvalue weighted by Gasteiger charge is 2.14. The van der Waals surface area contributed by atoms with Crippen molar-refractivity contribution in [1.29, 1.82) is 0 Å². The molecule has 0 rings (SSSR count). The molecule has 0 fully saturated rings. The third-order valence-corrected chi connectivity index (χ3v) is 1.79. The minimum Gasteiger partial charge on any atom is -0.302 e. The van der Waals surface area contributed by atoms with Crippen molar-refractivity contribution in [2.75, 3.05) is 6.54 Å². The highest BCUT2D eigenvalue weighted by molar-refractivity contribution is 4.75. The van der Waals surface area contributed by atoms with Gasteiger partial charge in [-0.3, -0.25) is 5.32 Å². The predicted molar refractivity (Wildman–Crippen MR) is 59.8 cm³/mol. The van der Waals surface area contributed by atoms with Crippen LogP contribution in [0.25, 0.3) is 0 Å². The van der Waals surface area contributed by atoms with Crippen LogP contribution in [0.1, 0.15) is 48.0 Å². The molecule has 0 heterocycles. The zero-order valence-electron chi connectivity index (χ0n) is 10.1. The minimum atomic E-state index is 0.199. The molecule has 1 unspecified atom stereocenters. The Balaban J connectivity index is 3.76. The number of rotatable bonds is 5. The fourth-order valence-corrected chi connectivity index (χ4v) is 1.20. The average molecular weight is 186 g/mol. The molecule has 0 spiro atoms. The van der Waals surface area contributed by atoms with Crippen molar-refractivity contribution in [3.05, 3.63) is 0 Å². The van der Waals surface area contributed by atoms with E-state index in [0.717, 1.165) is 18.9 Å². The largest absolute Gasteiger partial charge is 0.302 e. The van der Waals surface area contributed by atoms with Gasteiger partial charge in [0.1, 0.15) is 0 Å². The van der Waals surface area contributed by atoms with Gasteiger partial charge in [-0.2, -0.15) is 0 Å². The van der Waals surface area contributed by atoms with Gasteiger partial charge in [0.25, 0.3) is 0 Å². The van der Waals surface area contributed by atoms with Crippen LogP contribution >= 0.6 is 0 Å². The molecule has 0 saturated heterocycles. The van der Waals surface area contributed by atoms with Gasteiger partial charge in [-0.15, -0.1) is 0 Å². The lowest BCUT2D eigenvalue weighted by molar-refractivity contribution is 0.302. The molecule has 0 aromatic heterocycles. The summed E-state index contributed by atoms with van der Waals surface area (Å²) in [5.74, 6) is 0.718. The van der Waals surface area contributed by atoms with E-state index in [1.54, 1.807) is 0 Å². The van der Waals surface area contributed by atoms with Gasteiger partial charge in [-0.05, 0) is 39.7 Å². The Labute approximate surface area is 83.5 Å². The van der Waals surface area contributed by atoms with Gasteiger partial charge in [0, 0.05) is 5.54 Å². The lowest BCUT2D eigenvalue weighted by atomic mass is 10.1. The lowest BCUT2D eigenvalue weighted by Gasteiger charge is -2.29. The van der Waals surface area contributed by atoms with Gasteiger partial charge in [-0.1, -0.05) is 20.8 Å². The molecule has 0 aliphatic rings. The van der Waals surface area contributed by atoms with Crippen LogP contribution in [0.3, 0.4) is 0 Å². The summed E-state index contributed by atoms with van der Waals surface area (Å²) in [6.07, 6.45) is 1.58. The van der Waals surface area contributed by atoms with Gasteiger partial charge in [-0.25, -0.2) is 0 Å². The van der Waals surface area contributed by atoms with E-state index in [9.17, 15) is 0 Å². The second kappa shape index (κ2) is 5.61. The summed E-state index contributed by atoms with van der Waals surface area (Å²) in [5, 5.41) is 7.06. The zero-order valence-corrected chi connectivity index (χ0v) is 10.1. The van der Waals surface area contributed by atoms with E-state index >= 15 is 0 Å². The molecule has 0 aromatic rings. The number of nitrogens with one attached hydrogen (secondary N) is 2. The highest BCUT2D eigenvalue weighted by Crippen LogP contribution is 2.02. The molecule has 1 atom stereocenters. The first kappa shape index (κ1) is 12.9. The third kappa shape index (κ3) is 8.26.